The minimum atomic E-state index is -4.60. The fraction of sp³-hybridized carbons (Fsp3) is 0.154. The molecule has 6 heteroatoms. The normalized spacial score (nSPS) is 11.6. The highest BCUT2D eigenvalue weighted by molar-refractivity contribution is 5.65. The van der Waals surface area contributed by atoms with Gasteiger partial charge in [0.2, 0.25) is 0 Å². The van der Waals surface area contributed by atoms with E-state index in [9.17, 15) is 17.6 Å². The van der Waals surface area contributed by atoms with E-state index in [1.807, 2.05) is 0 Å². The summed E-state index contributed by atoms with van der Waals surface area (Å²) in [7, 11) is 0. The van der Waals surface area contributed by atoms with Crippen LogP contribution in [-0.4, -0.2) is 10.1 Å². The molecule has 2 aromatic rings. The van der Waals surface area contributed by atoms with Crippen molar-refractivity contribution in [2.24, 2.45) is 0 Å². The standard InChI is InChI=1S/C13H9F4NO/c14-11-6-5-8(7-19)18-12(11)9-3-1-2-4-10(9)13(15,16)17/h1-6,19H,7H2. The number of aliphatic hydroxyl groups excluding tert-OH is 1. The van der Waals surface area contributed by atoms with E-state index in [1.54, 1.807) is 0 Å². The van der Waals surface area contributed by atoms with Crippen LogP contribution >= 0.6 is 0 Å². The predicted molar refractivity (Wildman–Crippen MR) is 60.6 cm³/mol. The summed E-state index contributed by atoms with van der Waals surface area (Å²) in [5.41, 5.74) is -1.62. The third kappa shape index (κ3) is 2.73. The zero-order valence-electron chi connectivity index (χ0n) is 9.58. The van der Waals surface area contributed by atoms with Crippen molar-refractivity contribution < 1.29 is 22.7 Å². The van der Waals surface area contributed by atoms with Crippen LogP contribution in [-0.2, 0) is 12.8 Å². The van der Waals surface area contributed by atoms with E-state index in [0.717, 1.165) is 18.2 Å². The summed E-state index contributed by atoms with van der Waals surface area (Å²) in [6.07, 6.45) is -4.60. The number of aliphatic hydroxyl groups is 1. The first kappa shape index (κ1) is 13.5. The predicted octanol–water partition coefficient (Wildman–Crippen LogP) is 3.40. The van der Waals surface area contributed by atoms with Gasteiger partial charge in [0.1, 0.15) is 11.5 Å². The highest BCUT2D eigenvalue weighted by atomic mass is 19.4. The fourth-order valence-corrected chi connectivity index (χ4v) is 1.70. The zero-order valence-corrected chi connectivity index (χ0v) is 9.58. The lowest BCUT2D eigenvalue weighted by Crippen LogP contribution is -2.08. The molecule has 0 aliphatic heterocycles. The smallest absolute Gasteiger partial charge is 0.390 e. The zero-order chi connectivity index (χ0) is 14.0. The molecule has 0 unspecified atom stereocenters. The molecule has 1 aromatic heterocycles. The van der Waals surface area contributed by atoms with Crippen molar-refractivity contribution in [3.8, 4) is 11.3 Å². The minimum absolute atomic E-state index is 0.105. The average Bonchev–Trinajstić information content (AvgIpc) is 2.38. The van der Waals surface area contributed by atoms with Crippen molar-refractivity contribution in [1.82, 2.24) is 4.98 Å². The van der Waals surface area contributed by atoms with E-state index in [0.29, 0.717) is 0 Å². The van der Waals surface area contributed by atoms with Gasteiger partial charge in [0.05, 0.1) is 17.9 Å². The van der Waals surface area contributed by atoms with Crippen molar-refractivity contribution in [1.29, 1.82) is 0 Å². The number of pyridine rings is 1. The van der Waals surface area contributed by atoms with Crippen LogP contribution in [0.15, 0.2) is 36.4 Å². The largest absolute Gasteiger partial charge is 0.417 e. The van der Waals surface area contributed by atoms with Gasteiger partial charge < -0.3 is 5.11 Å². The van der Waals surface area contributed by atoms with Gasteiger partial charge in [-0.2, -0.15) is 13.2 Å². The van der Waals surface area contributed by atoms with Crippen molar-refractivity contribution >= 4 is 0 Å². The molecule has 0 amide bonds. The summed E-state index contributed by atoms with van der Waals surface area (Å²) in [5, 5.41) is 8.92. The highest BCUT2D eigenvalue weighted by Crippen LogP contribution is 2.37. The first-order valence-electron chi connectivity index (χ1n) is 5.36. The maximum atomic E-state index is 13.6. The summed E-state index contributed by atoms with van der Waals surface area (Å²) < 4.78 is 52.2. The van der Waals surface area contributed by atoms with Gasteiger partial charge in [-0.3, -0.25) is 0 Å². The molecule has 100 valence electrons. The molecule has 0 spiro atoms. The number of halogens is 4. The Bertz CT molecular complexity index is 595. The van der Waals surface area contributed by atoms with Gasteiger partial charge in [-0.1, -0.05) is 18.2 Å². The molecule has 0 fully saturated rings. The van der Waals surface area contributed by atoms with Crippen molar-refractivity contribution in [3.05, 3.63) is 53.5 Å². The Hall–Kier alpha value is -1.95. The third-order valence-electron chi connectivity index (χ3n) is 2.55. The van der Waals surface area contributed by atoms with E-state index in [4.69, 9.17) is 5.11 Å². The number of aromatic nitrogens is 1. The number of benzene rings is 1. The van der Waals surface area contributed by atoms with E-state index < -0.39 is 29.9 Å². The SMILES string of the molecule is OCc1ccc(F)c(-c2ccccc2C(F)(F)F)n1. The Morgan fingerprint density at radius 3 is 2.37 bits per heavy atom. The molecule has 2 rings (SSSR count). The molecule has 0 bridgehead atoms. The second-order valence-electron chi connectivity index (χ2n) is 3.83. The summed E-state index contributed by atoms with van der Waals surface area (Å²) >= 11 is 0. The highest BCUT2D eigenvalue weighted by Gasteiger charge is 2.34. The average molecular weight is 271 g/mol. The maximum absolute atomic E-state index is 13.6. The molecular formula is C13H9F4NO. The van der Waals surface area contributed by atoms with Crippen LogP contribution in [0.1, 0.15) is 11.3 Å². The molecule has 2 nitrogen and oxygen atoms in total. The van der Waals surface area contributed by atoms with Gasteiger partial charge in [-0.05, 0) is 18.2 Å². The molecule has 0 aliphatic rings. The van der Waals surface area contributed by atoms with E-state index in [2.05, 4.69) is 4.98 Å². The minimum Gasteiger partial charge on any atom is -0.390 e. The van der Waals surface area contributed by atoms with Crippen LogP contribution in [0.3, 0.4) is 0 Å². The second-order valence-corrected chi connectivity index (χ2v) is 3.83. The lowest BCUT2D eigenvalue weighted by atomic mass is 10.0. The Morgan fingerprint density at radius 2 is 1.74 bits per heavy atom. The lowest BCUT2D eigenvalue weighted by Gasteiger charge is -2.13. The monoisotopic (exact) mass is 271 g/mol. The van der Waals surface area contributed by atoms with Crippen molar-refractivity contribution in [2.45, 2.75) is 12.8 Å². The number of alkyl halides is 3. The quantitative estimate of drug-likeness (QED) is 0.849. The third-order valence-corrected chi connectivity index (χ3v) is 2.55. The summed E-state index contributed by atoms with van der Waals surface area (Å²) in [6.45, 7) is -0.471. The molecule has 0 saturated heterocycles. The van der Waals surface area contributed by atoms with Crippen LogP contribution in [0.5, 0.6) is 0 Å². The van der Waals surface area contributed by atoms with Gasteiger partial charge in [0.15, 0.2) is 0 Å². The Labute approximate surface area is 106 Å². The molecule has 0 saturated carbocycles. The molecule has 0 aliphatic carbocycles. The Morgan fingerprint density at radius 1 is 1.05 bits per heavy atom. The topological polar surface area (TPSA) is 33.1 Å². The van der Waals surface area contributed by atoms with E-state index in [1.165, 1.54) is 18.2 Å². The van der Waals surface area contributed by atoms with Crippen LogP contribution in [0.2, 0.25) is 0 Å². The molecule has 1 aromatic carbocycles. The molecule has 19 heavy (non-hydrogen) atoms. The summed E-state index contributed by atoms with van der Waals surface area (Å²) in [4.78, 5) is 3.71. The number of rotatable bonds is 2. The Balaban J connectivity index is 2.65. The molecular weight excluding hydrogens is 262 g/mol. The molecule has 0 radical (unpaired) electrons. The van der Waals surface area contributed by atoms with Crippen LogP contribution in [0.4, 0.5) is 17.6 Å². The van der Waals surface area contributed by atoms with Crippen LogP contribution in [0.25, 0.3) is 11.3 Å². The Kier molecular flexibility index (Phi) is 3.53. The summed E-state index contributed by atoms with van der Waals surface area (Å²) in [5.74, 6) is -0.867. The maximum Gasteiger partial charge on any atom is 0.417 e. The van der Waals surface area contributed by atoms with Gasteiger partial charge >= 0.3 is 6.18 Å². The first-order chi connectivity index (χ1) is 8.93. The number of hydrogen-bond acceptors (Lipinski definition) is 2. The summed E-state index contributed by atoms with van der Waals surface area (Å²) in [6, 6.07) is 6.81. The van der Waals surface area contributed by atoms with Crippen molar-refractivity contribution in [2.75, 3.05) is 0 Å². The number of hydrogen-bond donors (Lipinski definition) is 1. The second kappa shape index (κ2) is 4.97. The molecule has 1 heterocycles. The fourth-order valence-electron chi connectivity index (χ4n) is 1.70. The van der Waals surface area contributed by atoms with Crippen molar-refractivity contribution in [3.63, 3.8) is 0 Å². The van der Waals surface area contributed by atoms with Crippen LogP contribution in [0, 0.1) is 5.82 Å². The van der Waals surface area contributed by atoms with Gasteiger partial charge in [-0.15, -0.1) is 0 Å². The first-order valence-corrected chi connectivity index (χ1v) is 5.36. The van der Waals surface area contributed by atoms with E-state index >= 15 is 0 Å². The molecule has 0 atom stereocenters. The number of nitrogens with zero attached hydrogens (tertiary/aromatic N) is 1. The van der Waals surface area contributed by atoms with Gasteiger partial charge in [0, 0.05) is 5.56 Å². The van der Waals surface area contributed by atoms with Crippen LogP contribution < -0.4 is 0 Å². The molecule has 1 N–H and O–H groups in total. The van der Waals surface area contributed by atoms with Gasteiger partial charge in [-0.25, -0.2) is 9.37 Å². The van der Waals surface area contributed by atoms with E-state index in [-0.39, 0.29) is 11.3 Å². The van der Waals surface area contributed by atoms with Gasteiger partial charge in [0.25, 0.3) is 0 Å². The lowest BCUT2D eigenvalue weighted by molar-refractivity contribution is -0.137.